The van der Waals surface area contributed by atoms with Gasteiger partial charge in [-0.2, -0.15) is 0 Å². The maximum Gasteiger partial charge on any atom is 0.408 e. The SMILES string of the molecule is COc1ccc(CN2C(=O)C(NC(=O)OC(C)(C)C)C2(C)C(=O)O)c(OC)c1. The molecule has 0 aromatic heterocycles. The first kappa shape index (κ1) is 21.3. The van der Waals surface area contributed by atoms with Crippen molar-refractivity contribution < 1.29 is 33.7 Å². The molecule has 1 aliphatic rings. The fraction of sp³-hybridized carbons (Fsp3) is 0.526. The van der Waals surface area contributed by atoms with Gasteiger partial charge in [-0.25, -0.2) is 9.59 Å². The molecule has 0 saturated carbocycles. The third-order valence-electron chi connectivity index (χ3n) is 4.55. The molecule has 1 aromatic rings. The molecule has 0 radical (unpaired) electrons. The summed E-state index contributed by atoms with van der Waals surface area (Å²) in [6.45, 7) is 6.41. The van der Waals surface area contributed by atoms with Crippen molar-refractivity contribution >= 4 is 18.0 Å². The number of rotatable bonds is 6. The minimum atomic E-state index is -1.63. The van der Waals surface area contributed by atoms with Crippen molar-refractivity contribution in [1.82, 2.24) is 10.2 Å². The number of nitrogens with one attached hydrogen (secondary N) is 1. The number of ether oxygens (including phenoxy) is 3. The molecule has 2 atom stereocenters. The highest BCUT2D eigenvalue weighted by atomic mass is 16.6. The Morgan fingerprint density at radius 3 is 2.39 bits per heavy atom. The van der Waals surface area contributed by atoms with Crippen LogP contribution in [0.2, 0.25) is 0 Å². The van der Waals surface area contributed by atoms with Gasteiger partial charge in [-0.3, -0.25) is 4.79 Å². The zero-order valence-electron chi connectivity index (χ0n) is 16.9. The molecular weight excluding hydrogens is 368 g/mol. The van der Waals surface area contributed by atoms with E-state index in [0.29, 0.717) is 17.1 Å². The van der Waals surface area contributed by atoms with E-state index in [4.69, 9.17) is 14.2 Å². The molecule has 2 N–H and O–H groups in total. The van der Waals surface area contributed by atoms with Crippen LogP contribution in [0, 0.1) is 0 Å². The molecule has 28 heavy (non-hydrogen) atoms. The van der Waals surface area contributed by atoms with Crippen molar-refractivity contribution in [1.29, 1.82) is 0 Å². The highest BCUT2D eigenvalue weighted by Crippen LogP contribution is 2.36. The predicted molar refractivity (Wildman–Crippen MR) is 99.3 cm³/mol. The molecule has 9 heteroatoms. The third-order valence-corrected chi connectivity index (χ3v) is 4.55. The van der Waals surface area contributed by atoms with Gasteiger partial charge in [0.1, 0.15) is 23.1 Å². The van der Waals surface area contributed by atoms with Crippen molar-refractivity contribution in [3.05, 3.63) is 23.8 Å². The van der Waals surface area contributed by atoms with Crippen LogP contribution in [0.1, 0.15) is 33.3 Å². The monoisotopic (exact) mass is 394 g/mol. The fourth-order valence-electron chi connectivity index (χ4n) is 2.98. The summed E-state index contributed by atoms with van der Waals surface area (Å²) in [5.74, 6) is -0.723. The zero-order chi connectivity index (χ0) is 21.3. The summed E-state index contributed by atoms with van der Waals surface area (Å²) in [4.78, 5) is 37.8. The number of carbonyl (C=O) groups excluding carboxylic acids is 2. The first-order chi connectivity index (χ1) is 12.9. The van der Waals surface area contributed by atoms with E-state index in [-0.39, 0.29) is 6.54 Å². The van der Waals surface area contributed by atoms with Crippen LogP contribution >= 0.6 is 0 Å². The summed E-state index contributed by atoms with van der Waals surface area (Å²) in [7, 11) is 2.99. The molecule has 2 unspecified atom stereocenters. The van der Waals surface area contributed by atoms with Gasteiger partial charge in [0.15, 0.2) is 5.54 Å². The van der Waals surface area contributed by atoms with Crippen molar-refractivity contribution in [2.75, 3.05) is 14.2 Å². The number of carbonyl (C=O) groups is 3. The standard InChI is InChI=1S/C19H26N2O7/c1-18(2,3)28-17(25)20-14-15(22)21(19(14,4)16(23)24)10-11-7-8-12(26-5)9-13(11)27-6/h7-9,14H,10H2,1-6H3,(H,20,25)(H,23,24). The van der Waals surface area contributed by atoms with Crippen LogP contribution in [0.4, 0.5) is 4.79 Å². The number of hydrogen-bond acceptors (Lipinski definition) is 6. The summed E-state index contributed by atoms with van der Waals surface area (Å²) >= 11 is 0. The predicted octanol–water partition coefficient (Wildman–Crippen LogP) is 1.78. The van der Waals surface area contributed by atoms with Gasteiger partial charge in [0, 0.05) is 11.6 Å². The number of aliphatic carboxylic acids is 1. The van der Waals surface area contributed by atoms with Crippen molar-refractivity contribution in [3.63, 3.8) is 0 Å². The largest absolute Gasteiger partial charge is 0.497 e. The van der Waals surface area contributed by atoms with Gasteiger partial charge in [0.25, 0.3) is 0 Å². The Morgan fingerprint density at radius 1 is 1.25 bits per heavy atom. The topological polar surface area (TPSA) is 114 Å². The second-order valence-electron chi connectivity index (χ2n) is 7.63. The molecule has 1 saturated heterocycles. The molecule has 1 aliphatic heterocycles. The third kappa shape index (κ3) is 3.97. The maximum absolute atomic E-state index is 12.6. The minimum absolute atomic E-state index is 0.00129. The van der Waals surface area contributed by atoms with Crippen LogP contribution in [0.15, 0.2) is 18.2 Å². The Hall–Kier alpha value is -2.97. The van der Waals surface area contributed by atoms with Crippen LogP contribution in [-0.2, 0) is 20.9 Å². The van der Waals surface area contributed by atoms with Gasteiger partial charge in [0.05, 0.1) is 20.8 Å². The fourth-order valence-corrected chi connectivity index (χ4v) is 2.98. The lowest BCUT2D eigenvalue weighted by atomic mass is 9.79. The number of methoxy groups -OCH3 is 2. The lowest BCUT2D eigenvalue weighted by Crippen LogP contribution is -2.80. The maximum atomic E-state index is 12.6. The van der Waals surface area contributed by atoms with Gasteiger partial charge in [-0.15, -0.1) is 0 Å². The number of nitrogens with zero attached hydrogens (tertiary/aromatic N) is 1. The summed E-state index contributed by atoms with van der Waals surface area (Å²) in [6, 6.07) is 3.80. The number of hydrogen-bond donors (Lipinski definition) is 2. The van der Waals surface area contributed by atoms with Crippen LogP contribution in [-0.4, -0.2) is 59.4 Å². The van der Waals surface area contributed by atoms with Crippen LogP contribution < -0.4 is 14.8 Å². The Labute approximate surface area is 163 Å². The van der Waals surface area contributed by atoms with Crippen LogP contribution in [0.5, 0.6) is 11.5 Å². The summed E-state index contributed by atoms with van der Waals surface area (Å²) in [6.07, 6.45) is -0.847. The van der Waals surface area contributed by atoms with Crippen molar-refractivity contribution in [2.45, 2.75) is 51.4 Å². The number of likely N-dealkylation sites (tertiary alicyclic amines) is 1. The average Bonchev–Trinajstić information content (AvgIpc) is 2.61. The molecule has 9 nitrogen and oxygen atoms in total. The highest BCUT2D eigenvalue weighted by Gasteiger charge is 2.63. The van der Waals surface area contributed by atoms with Gasteiger partial charge >= 0.3 is 12.1 Å². The summed E-state index contributed by atoms with van der Waals surface area (Å²) in [5, 5.41) is 12.1. The van der Waals surface area contributed by atoms with E-state index >= 15 is 0 Å². The lowest BCUT2D eigenvalue weighted by Gasteiger charge is -2.52. The van der Waals surface area contributed by atoms with Gasteiger partial charge in [-0.05, 0) is 39.8 Å². The quantitative estimate of drug-likeness (QED) is 0.707. The van der Waals surface area contributed by atoms with Crippen molar-refractivity contribution in [2.24, 2.45) is 0 Å². The number of carboxylic acid groups (broad SMARTS) is 1. The van der Waals surface area contributed by atoms with E-state index < -0.39 is 35.2 Å². The Balaban J connectivity index is 2.24. The lowest BCUT2D eigenvalue weighted by molar-refractivity contribution is -0.180. The Bertz CT molecular complexity index is 787. The van der Waals surface area contributed by atoms with Gasteiger partial charge < -0.3 is 29.5 Å². The first-order valence-corrected chi connectivity index (χ1v) is 8.69. The Kier molecular flexibility index (Phi) is 5.77. The molecule has 154 valence electrons. The molecule has 2 amide bonds. The van der Waals surface area contributed by atoms with E-state index in [1.165, 1.54) is 26.0 Å². The van der Waals surface area contributed by atoms with Crippen molar-refractivity contribution in [3.8, 4) is 11.5 Å². The second kappa shape index (κ2) is 7.57. The van der Waals surface area contributed by atoms with E-state index in [1.54, 1.807) is 39.0 Å². The number of carboxylic acids is 1. The molecule has 1 fully saturated rings. The molecule has 1 heterocycles. The minimum Gasteiger partial charge on any atom is -0.497 e. The van der Waals surface area contributed by atoms with Crippen LogP contribution in [0.3, 0.4) is 0 Å². The van der Waals surface area contributed by atoms with E-state index in [1.807, 2.05) is 0 Å². The van der Waals surface area contributed by atoms with Gasteiger partial charge in [-0.1, -0.05) is 0 Å². The molecule has 2 rings (SSSR count). The molecule has 0 aliphatic carbocycles. The summed E-state index contributed by atoms with van der Waals surface area (Å²) in [5.41, 5.74) is -1.79. The van der Waals surface area contributed by atoms with Crippen LogP contribution in [0.25, 0.3) is 0 Å². The number of benzene rings is 1. The number of alkyl carbamates (subject to hydrolysis) is 1. The average molecular weight is 394 g/mol. The second-order valence-corrected chi connectivity index (χ2v) is 7.63. The smallest absolute Gasteiger partial charge is 0.408 e. The molecule has 1 aromatic carbocycles. The van der Waals surface area contributed by atoms with E-state index in [9.17, 15) is 19.5 Å². The number of β-lactam (4-membered cyclic amide) rings is 1. The van der Waals surface area contributed by atoms with Gasteiger partial charge in [0.2, 0.25) is 5.91 Å². The normalized spacial score (nSPS) is 21.6. The molecule has 0 spiro atoms. The highest BCUT2D eigenvalue weighted by molar-refractivity contribution is 6.04. The summed E-state index contributed by atoms with van der Waals surface area (Å²) < 4.78 is 15.6. The number of amides is 2. The van der Waals surface area contributed by atoms with E-state index in [0.717, 1.165) is 0 Å². The molecular formula is C19H26N2O7. The van der Waals surface area contributed by atoms with E-state index in [2.05, 4.69) is 5.32 Å². The first-order valence-electron chi connectivity index (χ1n) is 8.69. The Morgan fingerprint density at radius 2 is 1.89 bits per heavy atom. The molecule has 0 bridgehead atoms. The zero-order valence-corrected chi connectivity index (χ0v) is 16.9.